The summed E-state index contributed by atoms with van der Waals surface area (Å²) in [6, 6.07) is 9.10. The van der Waals surface area contributed by atoms with Crippen LogP contribution in [0.1, 0.15) is 15.9 Å². The van der Waals surface area contributed by atoms with Crippen molar-refractivity contribution >= 4 is 33.3 Å². The van der Waals surface area contributed by atoms with Gasteiger partial charge in [0.2, 0.25) is 0 Å². The van der Waals surface area contributed by atoms with Gasteiger partial charge in [0.15, 0.2) is 5.78 Å². The van der Waals surface area contributed by atoms with Crippen LogP contribution in [0.3, 0.4) is 0 Å². The molecule has 5 heteroatoms. The van der Waals surface area contributed by atoms with Crippen LogP contribution >= 0.6 is 27.5 Å². The summed E-state index contributed by atoms with van der Waals surface area (Å²) >= 11 is 9.25. The summed E-state index contributed by atoms with van der Waals surface area (Å²) in [5.41, 5.74) is 1.14. The summed E-state index contributed by atoms with van der Waals surface area (Å²) in [5.74, 6) is 0.140. The van der Waals surface area contributed by atoms with Gasteiger partial charge in [0.05, 0.1) is 11.6 Å². The first kappa shape index (κ1) is 15.0. The van der Waals surface area contributed by atoms with E-state index in [2.05, 4.69) is 15.9 Å². The van der Waals surface area contributed by atoms with E-state index < -0.39 is 5.82 Å². The lowest BCUT2D eigenvalue weighted by Crippen LogP contribution is -2.04. The number of carbonyl (C=O) groups is 1. The molecule has 0 amide bonds. The molecule has 0 aliphatic rings. The fourth-order valence-corrected chi connectivity index (χ4v) is 2.55. The number of rotatable bonds is 4. The highest BCUT2D eigenvalue weighted by Crippen LogP contribution is 2.26. The van der Waals surface area contributed by atoms with Crippen LogP contribution in [-0.2, 0) is 6.42 Å². The van der Waals surface area contributed by atoms with Crippen LogP contribution in [0.4, 0.5) is 4.39 Å². The molecule has 0 radical (unpaired) electrons. The number of ketones is 1. The lowest BCUT2D eigenvalue weighted by molar-refractivity contribution is 0.0993. The molecule has 0 N–H and O–H groups in total. The number of hydrogen-bond donors (Lipinski definition) is 0. The van der Waals surface area contributed by atoms with Crippen molar-refractivity contribution in [2.75, 3.05) is 7.11 Å². The molecule has 0 aliphatic carbocycles. The summed E-state index contributed by atoms with van der Waals surface area (Å²) in [7, 11) is 1.56. The van der Waals surface area contributed by atoms with Crippen LogP contribution in [0.25, 0.3) is 0 Å². The van der Waals surface area contributed by atoms with Crippen LogP contribution < -0.4 is 4.74 Å². The van der Waals surface area contributed by atoms with E-state index in [-0.39, 0.29) is 17.2 Å². The quantitative estimate of drug-likeness (QED) is 0.743. The number of carbonyl (C=O) groups excluding carboxylic acids is 1. The molecule has 2 aromatic carbocycles. The van der Waals surface area contributed by atoms with E-state index in [9.17, 15) is 9.18 Å². The maximum atomic E-state index is 13.0. The second-order valence-electron chi connectivity index (χ2n) is 4.19. The van der Waals surface area contributed by atoms with Gasteiger partial charge in [-0.1, -0.05) is 17.7 Å². The zero-order valence-corrected chi connectivity index (χ0v) is 13.0. The Kier molecular flexibility index (Phi) is 4.78. The Morgan fingerprint density at radius 3 is 2.65 bits per heavy atom. The number of benzene rings is 2. The molecule has 0 heterocycles. The molecule has 0 aliphatic heterocycles. The van der Waals surface area contributed by atoms with Crippen LogP contribution in [0.5, 0.6) is 5.75 Å². The molecule has 2 nitrogen and oxygen atoms in total. The largest absolute Gasteiger partial charge is 0.496 e. The highest BCUT2D eigenvalue weighted by molar-refractivity contribution is 9.10. The van der Waals surface area contributed by atoms with Gasteiger partial charge in [-0.3, -0.25) is 4.79 Å². The molecular formula is C15H11BrClFO2. The lowest BCUT2D eigenvalue weighted by atomic mass is 10.0. The van der Waals surface area contributed by atoms with Crippen molar-refractivity contribution in [1.82, 2.24) is 0 Å². The molecule has 0 spiro atoms. The standard InChI is InChI=1S/C15H11BrClFO2/c1-20-15-5-3-10(6-12(15)16)14(19)7-9-2-4-11(18)8-13(9)17/h2-6,8H,7H2,1H3. The Morgan fingerprint density at radius 1 is 1.30 bits per heavy atom. The summed E-state index contributed by atoms with van der Waals surface area (Å²) in [6.45, 7) is 0. The number of methoxy groups -OCH3 is 1. The third kappa shape index (κ3) is 3.38. The molecule has 0 unspecified atom stereocenters. The molecule has 0 saturated carbocycles. The van der Waals surface area contributed by atoms with Gasteiger partial charge in [-0.25, -0.2) is 4.39 Å². The minimum Gasteiger partial charge on any atom is -0.496 e. The zero-order chi connectivity index (χ0) is 14.7. The summed E-state index contributed by atoms with van der Waals surface area (Å²) < 4.78 is 18.8. The minimum atomic E-state index is -0.418. The number of hydrogen-bond acceptors (Lipinski definition) is 2. The smallest absolute Gasteiger partial charge is 0.167 e. The number of halogens is 3. The third-order valence-electron chi connectivity index (χ3n) is 2.84. The topological polar surface area (TPSA) is 26.3 Å². The number of Topliss-reactive ketones (excluding diaryl/α,β-unsaturated/α-hetero) is 1. The Hall–Kier alpha value is -1.39. The van der Waals surface area contributed by atoms with Gasteiger partial charge in [0.1, 0.15) is 11.6 Å². The second kappa shape index (κ2) is 6.37. The van der Waals surface area contributed by atoms with Crippen LogP contribution in [0.15, 0.2) is 40.9 Å². The molecular weight excluding hydrogens is 347 g/mol. The lowest BCUT2D eigenvalue weighted by Gasteiger charge is -2.07. The predicted molar refractivity (Wildman–Crippen MR) is 80.1 cm³/mol. The van der Waals surface area contributed by atoms with Crippen molar-refractivity contribution in [3.63, 3.8) is 0 Å². The second-order valence-corrected chi connectivity index (χ2v) is 5.45. The average Bonchev–Trinajstić information content (AvgIpc) is 2.41. The minimum absolute atomic E-state index is 0.0955. The Morgan fingerprint density at radius 2 is 2.05 bits per heavy atom. The molecule has 0 fully saturated rings. The first-order valence-corrected chi connectivity index (χ1v) is 6.99. The first-order chi connectivity index (χ1) is 9.51. The van der Waals surface area contributed by atoms with E-state index in [4.69, 9.17) is 16.3 Å². The Bertz CT molecular complexity index is 658. The molecule has 104 valence electrons. The molecule has 0 atom stereocenters. The van der Waals surface area contributed by atoms with Crippen LogP contribution in [-0.4, -0.2) is 12.9 Å². The van der Waals surface area contributed by atoms with Gasteiger partial charge in [-0.05, 0) is 51.8 Å². The van der Waals surface area contributed by atoms with Crippen molar-refractivity contribution in [3.8, 4) is 5.75 Å². The number of ether oxygens (including phenoxy) is 1. The fraction of sp³-hybridized carbons (Fsp3) is 0.133. The average molecular weight is 358 g/mol. The molecule has 2 rings (SSSR count). The molecule has 0 aromatic heterocycles. The predicted octanol–water partition coefficient (Wildman–Crippen LogP) is 4.68. The summed E-state index contributed by atoms with van der Waals surface area (Å²) in [4.78, 5) is 12.2. The monoisotopic (exact) mass is 356 g/mol. The molecule has 0 saturated heterocycles. The molecule has 0 bridgehead atoms. The Labute approximate surface area is 129 Å². The van der Waals surface area contributed by atoms with Gasteiger partial charge >= 0.3 is 0 Å². The van der Waals surface area contributed by atoms with Gasteiger partial charge in [0, 0.05) is 17.0 Å². The van der Waals surface area contributed by atoms with E-state index in [1.165, 1.54) is 18.2 Å². The molecule has 20 heavy (non-hydrogen) atoms. The highest BCUT2D eigenvalue weighted by Gasteiger charge is 2.12. The van der Waals surface area contributed by atoms with E-state index >= 15 is 0 Å². The maximum Gasteiger partial charge on any atom is 0.167 e. The summed E-state index contributed by atoms with van der Waals surface area (Å²) in [6.07, 6.45) is 0.123. The fourth-order valence-electron chi connectivity index (χ4n) is 1.78. The van der Waals surface area contributed by atoms with Crippen LogP contribution in [0, 0.1) is 5.82 Å². The normalized spacial score (nSPS) is 10.4. The van der Waals surface area contributed by atoms with Crippen molar-refractivity contribution in [2.45, 2.75) is 6.42 Å². The summed E-state index contributed by atoms with van der Waals surface area (Å²) in [5, 5.41) is 0.255. The van der Waals surface area contributed by atoms with Crippen molar-refractivity contribution in [2.24, 2.45) is 0 Å². The highest BCUT2D eigenvalue weighted by atomic mass is 79.9. The van der Waals surface area contributed by atoms with Gasteiger partial charge in [0.25, 0.3) is 0 Å². The van der Waals surface area contributed by atoms with Gasteiger partial charge in [-0.15, -0.1) is 0 Å². The first-order valence-electron chi connectivity index (χ1n) is 5.82. The van der Waals surface area contributed by atoms with E-state index in [0.717, 1.165) is 0 Å². The van der Waals surface area contributed by atoms with E-state index in [1.54, 1.807) is 25.3 Å². The van der Waals surface area contributed by atoms with Crippen molar-refractivity contribution in [3.05, 3.63) is 62.8 Å². The van der Waals surface area contributed by atoms with Gasteiger partial charge < -0.3 is 4.74 Å². The van der Waals surface area contributed by atoms with Gasteiger partial charge in [-0.2, -0.15) is 0 Å². The van der Waals surface area contributed by atoms with E-state index in [1.807, 2.05) is 0 Å². The zero-order valence-electron chi connectivity index (χ0n) is 10.6. The SMILES string of the molecule is COc1ccc(C(=O)Cc2ccc(F)cc2Cl)cc1Br. The van der Waals surface area contributed by atoms with Crippen molar-refractivity contribution < 1.29 is 13.9 Å². The van der Waals surface area contributed by atoms with Crippen LogP contribution in [0.2, 0.25) is 5.02 Å². The van der Waals surface area contributed by atoms with E-state index in [0.29, 0.717) is 21.3 Å². The Balaban J connectivity index is 2.21. The maximum absolute atomic E-state index is 13.0. The third-order valence-corrected chi connectivity index (χ3v) is 3.81. The van der Waals surface area contributed by atoms with Crippen molar-refractivity contribution in [1.29, 1.82) is 0 Å². The molecule has 2 aromatic rings.